The SMILES string of the molecule is CC(C)C(CN(C)C)N1C(=O)NC(=O)C1=O. The van der Waals surface area contributed by atoms with E-state index in [1.54, 1.807) is 0 Å². The number of hydrogen-bond acceptors (Lipinski definition) is 4. The topological polar surface area (TPSA) is 69.7 Å². The zero-order chi connectivity index (χ0) is 12.5. The Morgan fingerprint density at radius 1 is 1.25 bits per heavy atom. The molecule has 1 fully saturated rings. The number of urea groups is 1. The number of amides is 4. The minimum atomic E-state index is -0.839. The van der Waals surface area contributed by atoms with Crippen molar-refractivity contribution in [3.63, 3.8) is 0 Å². The van der Waals surface area contributed by atoms with Crippen molar-refractivity contribution in [3.8, 4) is 0 Å². The molecule has 1 saturated heterocycles. The van der Waals surface area contributed by atoms with Gasteiger partial charge in [-0.2, -0.15) is 0 Å². The van der Waals surface area contributed by atoms with Crippen LogP contribution < -0.4 is 5.32 Å². The Bertz CT molecular complexity index is 325. The third-order valence-electron chi connectivity index (χ3n) is 2.51. The molecule has 90 valence electrons. The maximum absolute atomic E-state index is 11.5. The molecule has 1 aliphatic rings. The van der Waals surface area contributed by atoms with Crippen LogP contribution in [0.3, 0.4) is 0 Å². The van der Waals surface area contributed by atoms with Gasteiger partial charge in [0.2, 0.25) is 0 Å². The molecule has 1 heterocycles. The number of nitrogens with zero attached hydrogens (tertiary/aromatic N) is 2. The fourth-order valence-corrected chi connectivity index (χ4v) is 1.68. The summed E-state index contributed by atoms with van der Waals surface area (Å²) < 4.78 is 0. The van der Waals surface area contributed by atoms with E-state index in [2.05, 4.69) is 0 Å². The maximum Gasteiger partial charge on any atom is 0.331 e. The first kappa shape index (κ1) is 12.6. The van der Waals surface area contributed by atoms with Crippen LogP contribution in [0, 0.1) is 5.92 Å². The first-order valence-electron chi connectivity index (χ1n) is 5.17. The molecule has 0 spiro atoms. The summed E-state index contributed by atoms with van der Waals surface area (Å²) in [5.74, 6) is -1.50. The predicted molar refractivity (Wildman–Crippen MR) is 57.6 cm³/mol. The van der Waals surface area contributed by atoms with Gasteiger partial charge < -0.3 is 4.90 Å². The van der Waals surface area contributed by atoms with Gasteiger partial charge >= 0.3 is 17.8 Å². The van der Waals surface area contributed by atoms with Crippen molar-refractivity contribution in [1.82, 2.24) is 15.1 Å². The minimum Gasteiger partial charge on any atom is -0.307 e. The fourth-order valence-electron chi connectivity index (χ4n) is 1.68. The normalized spacial score (nSPS) is 18.6. The second kappa shape index (κ2) is 4.61. The van der Waals surface area contributed by atoms with Gasteiger partial charge in [0.15, 0.2) is 0 Å². The van der Waals surface area contributed by atoms with Crippen LogP contribution >= 0.6 is 0 Å². The second-order valence-corrected chi connectivity index (χ2v) is 4.51. The number of rotatable bonds is 4. The van der Waals surface area contributed by atoms with E-state index in [0.29, 0.717) is 6.54 Å². The van der Waals surface area contributed by atoms with E-state index in [1.165, 1.54) is 0 Å². The Balaban J connectivity index is 2.90. The van der Waals surface area contributed by atoms with Gasteiger partial charge in [0.25, 0.3) is 0 Å². The molecule has 0 saturated carbocycles. The van der Waals surface area contributed by atoms with Crippen molar-refractivity contribution in [1.29, 1.82) is 0 Å². The number of carbonyl (C=O) groups is 3. The summed E-state index contributed by atoms with van der Waals surface area (Å²) in [4.78, 5) is 37.0. The highest BCUT2D eigenvalue weighted by atomic mass is 16.2. The van der Waals surface area contributed by atoms with Gasteiger partial charge in [-0.15, -0.1) is 0 Å². The summed E-state index contributed by atoms with van der Waals surface area (Å²) >= 11 is 0. The third-order valence-corrected chi connectivity index (χ3v) is 2.51. The molecule has 6 heteroatoms. The van der Waals surface area contributed by atoms with E-state index in [9.17, 15) is 14.4 Å². The molecule has 0 aromatic rings. The van der Waals surface area contributed by atoms with Gasteiger partial charge in [-0.3, -0.25) is 19.8 Å². The Morgan fingerprint density at radius 2 is 1.81 bits per heavy atom. The number of hydrogen-bond donors (Lipinski definition) is 1. The second-order valence-electron chi connectivity index (χ2n) is 4.51. The summed E-state index contributed by atoms with van der Waals surface area (Å²) in [5, 5.41) is 2.01. The quantitative estimate of drug-likeness (QED) is 0.526. The maximum atomic E-state index is 11.5. The Morgan fingerprint density at radius 3 is 2.12 bits per heavy atom. The first-order chi connectivity index (χ1) is 7.34. The molecule has 0 aromatic heterocycles. The molecule has 16 heavy (non-hydrogen) atoms. The van der Waals surface area contributed by atoms with Crippen molar-refractivity contribution < 1.29 is 14.4 Å². The molecular formula is C10H17N3O3. The lowest BCUT2D eigenvalue weighted by Crippen LogP contribution is -2.48. The van der Waals surface area contributed by atoms with Crippen molar-refractivity contribution in [2.24, 2.45) is 5.92 Å². The number of carbonyl (C=O) groups excluding carboxylic acids is 3. The average molecular weight is 227 g/mol. The monoisotopic (exact) mass is 227 g/mol. The van der Waals surface area contributed by atoms with Gasteiger partial charge in [0, 0.05) is 6.54 Å². The average Bonchev–Trinajstić information content (AvgIpc) is 2.38. The van der Waals surface area contributed by atoms with Crippen LogP contribution in [-0.4, -0.2) is 54.3 Å². The van der Waals surface area contributed by atoms with Crippen LogP contribution in [0.5, 0.6) is 0 Å². The van der Waals surface area contributed by atoms with Gasteiger partial charge in [-0.05, 0) is 20.0 Å². The molecular weight excluding hydrogens is 210 g/mol. The largest absolute Gasteiger partial charge is 0.331 e. The summed E-state index contributed by atoms with van der Waals surface area (Å²) in [5.41, 5.74) is 0. The number of imide groups is 2. The van der Waals surface area contributed by atoms with E-state index in [0.717, 1.165) is 4.90 Å². The van der Waals surface area contributed by atoms with Crippen molar-refractivity contribution in [3.05, 3.63) is 0 Å². The fraction of sp³-hybridized carbons (Fsp3) is 0.700. The summed E-state index contributed by atoms with van der Waals surface area (Å²) in [6.07, 6.45) is 0. The van der Waals surface area contributed by atoms with Crippen LogP contribution in [0.2, 0.25) is 0 Å². The van der Waals surface area contributed by atoms with Crippen molar-refractivity contribution >= 4 is 17.8 Å². The van der Waals surface area contributed by atoms with Crippen LogP contribution in [0.1, 0.15) is 13.8 Å². The van der Waals surface area contributed by atoms with E-state index in [1.807, 2.05) is 38.2 Å². The molecule has 0 radical (unpaired) electrons. The molecule has 1 unspecified atom stereocenters. The van der Waals surface area contributed by atoms with Gasteiger partial charge in [-0.1, -0.05) is 13.8 Å². The zero-order valence-corrected chi connectivity index (χ0v) is 9.98. The molecule has 4 amide bonds. The highest BCUT2D eigenvalue weighted by Gasteiger charge is 2.42. The molecule has 0 aliphatic carbocycles. The molecule has 1 N–H and O–H groups in total. The van der Waals surface area contributed by atoms with Gasteiger partial charge in [-0.25, -0.2) is 4.79 Å². The highest BCUT2D eigenvalue weighted by Crippen LogP contribution is 2.15. The summed E-state index contributed by atoms with van der Waals surface area (Å²) in [6, 6.07) is -0.899. The van der Waals surface area contributed by atoms with Crippen LogP contribution in [-0.2, 0) is 9.59 Å². The smallest absolute Gasteiger partial charge is 0.307 e. The van der Waals surface area contributed by atoms with E-state index >= 15 is 0 Å². The van der Waals surface area contributed by atoms with E-state index < -0.39 is 17.8 Å². The number of nitrogens with one attached hydrogen (secondary N) is 1. The third kappa shape index (κ3) is 2.38. The van der Waals surface area contributed by atoms with Crippen molar-refractivity contribution in [2.75, 3.05) is 20.6 Å². The van der Waals surface area contributed by atoms with E-state index in [-0.39, 0.29) is 12.0 Å². The molecule has 1 atom stereocenters. The van der Waals surface area contributed by atoms with Crippen molar-refractivity contribution in [2.45, 2.75) is 19.9 Å². The molecule has 0 aromatic carbocycles. The van der Waals surface area contributed by atoms with Crippen LogP contribution in [0.25, 0.3) is 0 Å². The lowest BCUT2D eigenvalue weighted by Gasteiger charge is -2.30. The molecule has 6 nitrogen and oxygen atoms in total. The first-order valence-corrected chi connectivity index (χ1v) is 5.17. The Labute approximate surface area is 94.6 Å². The lowest BCUT2D eigenvalue weighted by molar-refractivity contribution is -0.141. The summed E-state index contributed by atoms with van der Waals surface area (Å²) in [6.45, 7) is 4.37. The molecule has 0 bridgehead atoms. The van der Waals surface area contributed by atoms with Crippen LogP contribution in [0.4, 0.5) is 4.79 Å². The standard InChI is InChI=1S/C10H17N3O3/c1-6(2)7(5-12(3)4)13-9(15)8(14)11-10(13)16/h6-7H,5H2,1-4H3,(H,11,14,16). The Kier molecular flexibility index (Phi) is 3.64. The predicted octanol–water partition coefficient (Wildman–Crippen LogP) is -0.349. The Hall–Kier alpha value is -1.43. The highest BCUT2D eigenvalue weighted by molar-refractivity contribution is 6.44. The molecule has 1 rings (SSSR count). The number of likely N-dealkylation sites (N-methyl/N-ethyl adjacent to an activating group) is 1. The van der Waals surface area contributed by atoms with Gasteiger partial charge in [0.1, 0.15) is 0 Å². The van der Waals surface area contributed by atoms with E-state index in [4.69, 9.17) is 0 Å². The molecule has 1 aliphatic heterocycles. The summed E-state index contributed by atoms with van der Waals surface area (Å²) in [7, 11) is 3.71. The minimum absolute atomic E-state index is 0.1000. The zero-order valence-electron chi connectivity index (χ0n) is 9.98. The lowest BCUT2D eigenvalue weighted by atomic mass is 10.0. The van der Waals surface area contributed by atoms with Gasteiger partial charge in [0.05, 0.1) is 6.04 Å². The van der Waals surface area contributed by atoms with Crippen LogP contribution in [0.15, 0.2) is 0 Å².